The molecule has 0 unspecified atom stereocenters. The standard InChI is InChI=1S/C20H19BrClN3O4/c1-27-16-9-8-13(17(28-2)18(16)29-3)20(26)23-19-14(21)11-25(24-19)10-12-6-4-5-7-15(12)22/h4-9,11H,10H2,1-3H3,(H,23,24,26). The van der Waals surface area contributed by atoms with E-state index < -0.39 is 5.91 Å². The Morgan fingerprint density at radius 3 is 2.48 bits per heavy atom. The quantitative estimate of drug-likeness (QED) is 0.534. The highest BCUT2D eigenvalue weighted by Crippen LogP contribution is 2.40. The zero-order valence-electron chi connectivity index (χ0n) is 16.0. The van der Waals surface area contributed by atoms with Gasteiger partial charge in [-0.2, -0.15) is 5.10 Å². The molecule has 9 heteroatoms. The van der Waals surface area contributed by atoms with Crippen LogP contribution in [0.25, 0.3) is 0 Å². The summed E-state index contributed by atoms with van der Waals surface area (Å²) in [5.41, 5.74) is 1.21. The lowest BCUT2D eigenvalue weighted by atomic mass is 10.1. The molecule has 0 saturated carbocycles. The number of amides is 1. The van der Waals surface area contributed by atoms with Gasteiger partial charge in [0, 0.05) is 11.2 Å². The summed E-state index contributed by atoms with van der Waals surface area (Å²) in [6, 6.07) is 10.8. The summed E-state index contributed by atoms with van der Waals surface area (Å²) in [6.45, 7) is 0.466. The molecule has 7 nitrogen and oxygen atoms in total. The zero-order chi connectivity index (χ0) is 21.0. The lowest BCUT2D eigenvalue weighted by Gasteiger charge is -2.15. The second kappa shape index (κ2) is 9.19. The number of anilines is 1. The number of aromatic nitrogens is 2. The molecule has 3 aromatic rings. The Balaban J connectivity index is 1.85. The topological polar surface area (TPSA) is 74.6 Å². The summed E-state index contributed by atoms with van der Waals surface area (Å²) >= 11 is 9.64. The molecule has 0 spiro atoms. The van der Waals surface area contributed by atoms with Gasteiger partial charge in [0.05, 0.1) is 37.9 Å². The fraction of sp³-hybridized carbons (Fsp3) is 0.200. The summed E-state index contributed by atoms with van der Waals surface area (Å²) in [5.74, 6) is 1.05. The highest BCUT2D eigenvalue weighted by Gasteiger charge is 2.22. The Kier molecular flexibility index (Phi) is 6.66. The number of carbonyl (C=O) groups is 1. The molecule has 1 aromatic heterocycles. The van der Waals surface area contributed by atoms with Crippen molar-refractivity contribution in [2.24, 2.45) is 0 Å². The molecule has 1 N–H and O–H groups in total. The normalized spacial score (nSPS) is 10.5. The third-order valence-corrected chi connectivity index (χ3v) is 5.14. The van der Waals surface area contributed by atoms with Crippen molar-refractivity contribution in [3.8, 4) is 17.2 Å². The lowest BCUT2D eigenvalue weighted by Crippen LogP contribution is -2.15. The summed E-state index contributed by atoms with van der Waals surface area (Å²) in [7, 11) is 4.46. The minimum absolute atomic E-state index is 0.274. The monoisotopic (exact) mass is 479 g/mol. The fourth-order valence-electron chi connectivity index (χ4n) is 2.82. The molecule has 1 heterocycles. The van der Waals surface area contributed by atoms with Crippen LogP contribution in [0.4, 0.5) is 5.82 Å². The van der Waals surface area contributed by atoms with Crippen molar-refractivity contribution < 1.29 is 19.0 Å². The van der Waals surface area contributed by atoms with Gasteiger partial charge in [0.25, 0.3) is 5.91 Å². The van der Waals surface area contributed by atoms with Crippen molar-refractivity contribution in [1.82, 2.24) is 9.78 Å². The van der Waals surface area contributed by atoms with E-state index >= 15 is 0 Å². The number of ether oxygens (including phenoxy) is 3. The predicted molar refractivity (Wildman–Crippen MR) is 115 cm³/mol. The van der Waals surface area contributed by atoms with Gasteiger partial charge in [-0.25, -0.2) is 0 Å². The molecular formula is C20H19BrClN3O4. The number of methoxy groups -OCH3 is 3. The molecule has 0 bridgehead atoms. The first-order valence-corrected chi connectivity index (χ1v) is 9.72. The van der Waals surface area contributed by atoms with E-state index in [9.17, 15) is 4.79 Å². The molecule has 3 rings (SSSR count). The Morgan fingerprint density at radius 1 is 1.10 bits per heavy atom. The first-order chi connectivity index (χ1) is 14.0. The van der Waals surface area contributed by atoms with Crippen molar-refractivity contribution in [2.75, 3.05) is 26.6 Å². The van der Waals surface area contributed by atoms with Crippen molar-refractivity contribution in [3.63, 3.8) is 0 Å². The number of hydrogen-bond donors (Lipinski definition) is 1. The van der Waals surface area contributed by atoms with Crippen molar-refractivity contribution in [3.05, 3.63) is 63.2 Å². The molecular weight excluding hydrogens is 462 g/mol. The first-order valence-electron chi connectivity index (χ1n) is 8.55. The average Bonchev–Trinajstić information content (AvgIpc) is 3.06. The van der Waals surface area contributed by atoms with Gasteiger partial charge in [-0.15, -0.1) is 0 Å². The minimum Gasteiger partial charge on any atom is -0.493 e. The Labute approximate surface area is 181 Å². The fourth-order valence-corrected chi connectivity index (χ4v) is 3.43. The van der Waals surface area contributed by atoms with E-state index in [1.165, 1.54) is 21.3 Å². The Hall–Kier alpha value is -2.71. The number of hydrogen-bond acceptors (Lipinski definition) is 5. The molecule has 1 amide bonds. The zero-order valence-corrected chi connectivity index (χ0v) is 18.4. The Morgan fingerprint density at radius 2 is 1.83 bits per heavy atom. The third-order valence-electron chi connectivity index (χ3n) is 4.19. The van der Waals surface area contributed by atoms with E-state index in [1.54, 1.807) is 23.0 Å². The van der Waals surface area contributed by atoms with Gasteiger partial charge in [-0.05, 0) is 39.7 Å². The van der Waals surface area contributed by atoms with E-state index in [0.717, 1.165) is 5.56 Å². The maximum Gasteiger partial charge on any atom is 0.260 e. The maximum atomic E-state index is 12.9. The average molecular weight is 481 g/mol. The van der Waals surface area contributed by atoms with E-state index in [1.807, 2.05) is 24.3 Å². The maximum absolute atomic E-state index is 12.9. The molecule has 0 radical (unpaired) electrons. The van der Waals surface area contributed by atoms with Crippen LogP contribution in [0.15, 0.2) is 47.1 Å². The van der Waals surface area contributed by atoms with E-state index in [2.05, 4.69) is 26.3 Å². The number of carbonyl (C=O) groups excluding carboxylic acids is 1. The molecule has 152 valence electrons. The van der Waals surface area contributed by atoms with Gasteiger partial charge in [-0.3, -0.25) is 9.48 Å². The second-order valence-electron chi connectivity index (χ2n) is 5.95. The molecule has 0 aliphatic heterocycles. The van der Waals surface area contributed by atoms with Crippen molar-refractivity contribution in [2.45, 2.75) is 6.54 Å². The van der Waals surface area contributed by atoms with Crippen molar-refractivity contribution in [1.29, 1.82) is 0 Å². The van der Waals surface area contributed by atoms with E-state index in [0.29, 0.717) is 33.4 Å². The van der Waals surface area contributed by atoms with Gasteiger partial charge < -0.3 is 19.5 Å². The van der Waals surface area contributed by atoms with Gasteiger partial charge in [-0.1, -0.05) is 29.8 Å². The lowest BCUT2D eigenvalue weighted by molar-refractivity contribution is 0.102. The second-order valence-corrected chi connectivity index (χ2v) is 7.21. The molecule has 2 aromatic carbocycles. The van der Waals surface area contributed by atoms with Crippen LogP contribution in [-0.4, -0.2) is 37.0 Å². The van der Waals surface area contributed by atoms with Crippen LogP contribution < -0.4 is 19.5 Å². The van der Waals surface area contributed by atoms with Crippen LogP contribution in [-0.2, 0) is 6.54 Å². The number of nitrogens with zero attached hydrogens (tertiary/aromatic N) is 2. The molecule has 0 fully saturated rings. The van der Waals surface area contributed by atoms with Crippen LogP contribution in [0.3, 0.4) is 0 Å². The van der Waals surface area contributed by atoms with Gasteiger partial charge in [0.2, 0.25) is 5.75 Å². The van der Waals surface area contributed by atoms with Crippen LogP contribution >= 0.6 is 27.5 Å². The summed E-state index contributed by atoms with van der Waals surface area (Å²) in [4.78, 5) is 12.9. The number of rotatable bonds is 7. The molecule has 0 aliphatic carbocycles. The molecule has 0 aliphatic rings. The van der Waals surface area contributed by atoms with Crippen LogP contribution in [0.2, 0.25) is 5.02 Å². The van der Waals surface area contributed by atoms with Crippen LogP contribution in [0.1, 0.15) is 15.9 Å². The number of nitrogens with one attached hydrogen (secondary N) is 1. The van der Waals surface area contributed by atoms with E-state index in [-0.39, 0.29) is 11.3 Å². The highest BCUT2D eigenvalue weighted by atomic mass is 79.9. The van der Waals surface area contributed by atoms with Gasteiger partial charge in [0.15, 0.2) is 17.3 Å². The SMILES string of the molecule is COc1ccc(C(=O)Nc2nn(Cc3ccccc3Cl)cc2Br)c(OC)c1OC. The van der Waals surface area contributed by atoms with Crippen LogP contribution in [0.5, 0.6) is 17.2 Å². The summed E-state index contributed by atoms with van der Waals surface area (Å²) in [5, 5.41) is 7.86. The Bertz CT molecular complexity index is 1040. The molecule has 0 saturated heterocycles. The molecule has 29 heavy (non-hydrogen) atoms. The number of benzene rings is 2. The van der Waals surface area contributed by atoms with Crippen LogP contribution in [0, 0.1) is 0 Å². The summed E-state index contributed by atoms with van der Waals surface area (Å²) in [6.07, 6.45) is 1.77. The van der Waals surface area contributed by atoms with Gasteiger partial charge >= 0.3 is 0 Å². The largest absolute Gasteiger partial charge is 0.493 e. The van der Waals surface area contributed by atoms with Crippen molar-refractivity contribution >= 4 is 39.3 Å². The minimum atomic E-state index is -0.397. The smallest absolute Gasteiger partial charge is 0.260 e. The molecule has 0 atom stereocenters. The van der Waals surface area contributed by atoms with E-state index in [4.69, 9.17) is 25.8 Å². The van der Waals surface area contributed by atoms with Gasteiger partial charge in [0.1, 0.15) is 0 Å². The first kappa shape index (κ1) is 21.0. The predicted octanol–water partition coefficient (Wildman–Crippen LogP) is 4.63. The third kappa shape index (κ3) is 4.49. The summed E-state index contributed by atoms with van der Waals surface area (Å²) < 4.78 is 18.3. The highest BCUT2D eigenvalue weighted by molar-refractivity contribution is 9.10. The number of halogens is 2.